The van der Waals surface area contributed by atoms with Gasteiger partial charge in [-0.25, -0.2) is 4.39 Å². The van der Waals surface area contributed by atoms with Crippen molar-refractivity contribution in [3.63, 3.8) is 0 Å². The zero-order valence-electron chi connectivity index (χ0n) is 7.33. The topological polar surface area (TPSA) is 13.1 Å². The number of furan rings is 1. The molecule has 1 nitrogen and oxygen atoms in total. The molecule has 0 radical (unpaired) electrons. The minimum absolute atomic E-state index is 0.267. The number of fused-ring (bicyclic) bond motifs is 3. The van der Waals surface area contributed by atoms with Crippen LogP contribution in [0.2, 0.25) is 0 Å². The summed E-state index contributed by atoms with van der Waals surface area (Å²) in [4.78, 5) is 0. The smallest absolute Gasteiger partial charge is 0.138 e. The molecule has 0 bridgehead atoms. The standard InChI is InChI=1S/C12H7FO/c13-8-5-6-10-9-3-1-2-4-11(9)14-12(10)7-8/h1-7H. The first-order valence-corrected chi connectivity index (χ1v) is 4.41. The Bertz CT molecular complexity index is 610. The first-order valence-electron chi connectivity index (χ1n) is 4.41. The van der Waals surface area contributed by atoms with E-state index in [0.29, 0.717) is 5.58 Å². The number of hydrogen-bond acceptors (Lipinski definition) is 1. The molecule has 0 spiro atoms. The average molecular weight is 186 g/mol. The normalized spacial score (nSPS) is 11.2. The van der Waals surface area contributed by atoms with Crippen molar-refractivity contribution in [2.24, 2.45) is 0 Å². The van der Waals surface area contributed by atoms with E-state index in [0.717, 1.165) is 16.4 Å². The van der Waals surface area contributed by atoms with Crippen molar-refractivity contribution in [3.8, 4) is 0 Å². The predicted molar refractivity (Wildman–Crippen MR) is 53.7 cm³/mol. The minimum Gasteiger partial charge on any atom is -0.456 e. The van der Waals surface area contributed by atoms with Gasteiger partial charge in [-0.15, -0.1) is 0 Å². The van der Waals surface area contributed by atoms with Gasteiger partial charge in [-0.3, -0.25) is 0 Å². The third kappa shape index (κ3) is 0.940. The van der Waals surface area contributed by atoms with E-state index < -0.39 is 0 Å². The fourth-order valence-corrected chi connectivity index (χ4v) is 1.70. The van der Waals surface area contributed by atoms with E-state index in [1.807, 2.05) is 24.3 Å². The summed E-state index contributed by atoms with van der Waals surface area (Å²) < 4.78 is 18.4. The van der Waals surface area contributed by atoms with Crippen LogP contribution in [0.1, 0.15) is 0 Å². The maximum absolute atomic E-state index is 12.9. The van der Waals surface area contributed by atoms with Gasteiger partial charge in [0.1, 0.15) is 17.0 Å². The molecule has 0 amide bonds. The summed E-state index contributed by atoms with van der Waals surface area (Å²) in [6, 6.07) is 12.3. The lowest BCUT2D eigenvalue weighted by Gasteiger charge is -1.87. The molecule has 14 heavy (non-hydrogen) atoms. The molecular formula is C12H7FO. The molecule has 3 aromatic rings. The third-order valence-electron chi connectivity index (χ3n) is 2.34. The highest BCUT2D eigenvalue weighted by molar-refractivity contribution is 6.04. The lowest BCUT2D eigenvalue weighted by molar-refractivity contribution is 0.618. The van der Waals surface area contributed by atoms with Gasteiger partial charge in [-0.1, -0.05) is 18.2 Å². The van der Waals surface area contributed by atoms with Crippen molar-refractivity contribution in [1.29, 1.82) is 0 Å². The van der Waals surface area contributed by atoms with E-state index in [9.17, 15) is 4.39 Å². The fourth-order valence-electron chi connectivity index (χ4n) is 1.70. The molecule has 68 valence electrons. The average Bonchev–Trinajstić information content (AvgIpc) is 2.54. The van der Waals surface area contributed by atoms with Crippen LogP contribution in [0.25, 0.3) is 21.9 Å². The summed E-state index contributed by atoms with van der Waals surface area (Å²) in [6.07, 6.45) is 0. The highest BCUT2D eigenvalue weighted by Gasteiger charge is 2.05. The van der Waals surface area contributed by atoms with E-state index in [1.165, 1.54) is 12.1 Å². The van der Waals surface area contributed by atoms with Crippen LogP contribution in [0.3, 0.4) is 0 Å². The zero-order chi connectivity index (χ0) is 9.54. The van der Waals surface area contributed by atoms with Crippen molar-refractivity contribution < 1.29 is 8.81 Å². The van der Waals surface area contributed by atoms with Crippen LogP contribution in [0.15, 0.2) is 46.9 Å². The van der Waals surface area contributed by atoms with E-state index in [2.05, 4.69) is 0 Å². The van der Waals surface area contributed by atoms with Crippen molar-refractivity contribution in [2.75, 3.05) is 0 Å². The van der Waals surface area contributed by atoms with Crippen LogP contribution in [-0.2, 0) is 0 Å². The Morgan fingerprint density at radius 2 is 1.64 bits per heavy atom. The molecule has 0 aliphatic heterocycles. The number of benzene rings is 2. The summed E-state index contributed by atoms with van der Waals surface area (Å²) in [5, 5.41) is 1.99. The molecule has 2 aromatic carbocycles. The molecule has 0 saturated heterocycles. The van der Waals surface area contributed by atoms with Crippen molar-refractivity contribution in [2.45, 2.75) is 0 Å². The van der Waals surface area contributed by atoms with Gasteiger partial charge in [-0.05, 0) is 18.2 Å². The second-order valence-corrected chi connectivity index (χ2v) is 3.24. The molecule has 1 aromatic heterocycles. The zero-order valence-corrected chi connectivity index (χ0v) is 7.33. The van der Waals surface area contributed by atoms with E-state index in [1.54, 1.807) is 6.07 Å². The largest absolute Gasteiger partial charge is 0.456 e. The Morgan fingerprint density at radius 1 is 0.857 bits per heavy atom. The Labute approximate surface area is 79.8 Å². The summed E-state index contributed by atoms with van der Waals surface area (Å²) in [6.45, 7) is 0. The Kier molecular flexibility index (Phi) is 1.39. The lowest BCUT2D eigenvalue weighted by Crippen LogP contribution is -1.70. The van der Waals surface area contributed by atoms with Gasteiger partial charge in [0.2, 0.25) is 0 Å². The molecule has 0 fully saturated rings. The Balaban J connectivity index is 2.57. The van der Waals surface area contributed by atoms with Gasteiger partial charge in [0, 0.05) is 16.8 Å². The van der Waals surface area contributed by atoms with Gasteiger partial charge in [-0.2, -0.15) is 0 Å². The quantitative estimate of drug-likeness (QED) is 0.521. The highest BCUT2D eigenvalue weighted by Crippen LogP contribution is 2.28. The Hall–Kier alpha value is -1.83. The SMILES string of the molecule is Fc1ccc2c(c1)oc1ccccc12. The van der Waals surface area contributed by atoms with Crippen LogP contribution in [0, 0.1) is 5.82 Å². The van der Waals surface area contributed by atoms with E-state index in [-0.39, 0.29) is 5.82 Å². The van der Waals surface area contributed by atoms with Gasteiger partial charge in [0.15, 0.2) is 0 Å². The molecular weight excluding hydrogens is 179 g/mol. The van der Waals surface area contributed by atoms with Gasteiger partial charge >= 0.3 is 0 Å². The molecule has 0 atom stereocenters. The lowest BCUT2D eigenvalue weighted by atomic mass is 10.1. The van der Waals surface area contributed by atoms with Crippen LogP contribution in [0.5, 0.6) is 0 Å². The summed E-state index contributed by atoms with van der Waals surface area (Å²) >= 11 is 0. The highest BCUT2D eigenvalue weighted by atomic mass is 19.1. The number of rotatable bonds is 0. The van der Waals surface area contributed by atoms with Crippen LogP contribution < -0.4 is 0 Å². The molecule has 0 unspecified atom stereocenters. The maximum Gasteiger partial charge on any atom is 0.138 e. The number of hydrogen-bond donors (Lipinski definition) is 0. The first-order chi connectivity index (χ1) is 6.84. The summed E-state index contributed by atoms with van der Waals surface area (Å²) in [7, 11) is 0. The molecule has 0 saturated carbocycles. The molecule has 3 rings (SSSR count). The van der Waals surface area contributed by atoms with Gasteiger partial charge in [0.25, 0.3) is 0 Å². The molecule has 0 N–H and O–H groups in total. The van der Waals surface area contributed by atoms with Crippen molar-refractivity contribution >= 4 is 21.9 Å². The monoisotopic (exact) mass is 186 g/mol. The van der Waals surface area contributed by atoms with Gasteiger partial charge in [0.05, 0.1) is 0 Å². The van der Waals surface area contributed by atoms with Gasteiger partial charge < -0.3 is 4.42 Å². The fraction of sp³-hybridized carbons (Fsp3) is 0. The molecule has 0 aliphatic carbocycles. The third-order valence-corrected chi connectivity index (χ3v) is 2.34. The second-order valence-electron chi connectivity index (χ2n) is 3.24. The second kappa shape index (κ2) is 2.58. The van der Waals surface area contributed by atoms with Crippen molar-refractivity contribution in [3.05, 3.63) is 48.3 Å². The number of halogens is 1. The summed E-state index contributed by atoms with van der Waals surface area (Å²) in [5.74, 6) is -0.267. The van der Waals surface area contributed by atoms with E-state index >= 15 is 0 Å². The van der Waals surface area contributed by atoms with Crippen LogP contribution in [0.4, 0.5) is 4.39 Å². The molecule has 1 heterocycles. The van der Waals surface area contributed by atoms with E-state index in [4.69, 9.17) is 4.42 Å². The number of para-hydroxylation sites is 1. The van der Waals surface area contributed by atoms with Crippen LogP contribution >= 0.6 is 0 Å². The Morgan fingerprint density at radius 3 is 2.57 bits per heavy atom. The maximum atomic E-state index is 12.9. The molecule has 0 aliphatic rings. The predicted octanol–water partition coefficient (Wildman–Crippen LogP) is 3.73. The van der Waals surface area contributed by atoms with Crippen LogP contribution in [-0.4, -0.2) is 0 Å². The first kappa shape index (κ1) is 7.56. The minimum atomic E-state index is -0.267. The van der Waals surface area contributed by atoms with Crippen molar-refractivity contribution in [1.82, 2.24) is 0 Å². The molecule has 2 heteroatoms. The summed E-state index contributed by atoms with van der Waals surface area (Å²) in [5.41, 5.74) is 1.40.